The molecule has 0 fully saturated rings. The van der Waals surface area contributed by atoms with Crippen molar-refractivity contribution < 1.29 is 22.7 Å². The average molecular weight is 292 g/mol. The van der Waals surface area contributed by atoms with E-state index in [1.807, 2.05) is 6.92 Å². The van der Waals surface area contributed by atoms with E-state index in [1.54, 1.807) is 6.07 Å². The minimum Gasteiger partial charge on any atom is -0.447 e. The van der Waals surface area contributed by atoms with Crippen LogP contribution in [0.4, 0.5) is 0 Å². The molecule has 110 valence electrons. The molecule has 0 radical (unpaired) electrons. The number of ether oxygens (including phenoxy) is 1. The fourth-order valence-electron chi connectivity index (χ4n) is 1.37. The van der Waals surface area contributed by atoms with Gasteiger partial charge in [0, 0.05) is 13.7 Å². The lowest BCUT2D eigenvalue weighted by Gasteiger charge is -2.09. The number of methoxy groups -OCH3 is 1. The van der Waals surface area contributed by atoms with Gasteiger partial charge in [0.2, 0.25) is 5.09 Å². The van der Waals surface area contributed by atoms with Crippen LogP contribution >= 0.6 is 0 Å². The maximum absolute atomic E-state index is 11.9. The average Bonchev–Trinajstić information content (AvgIpc) is 2.84. The number of sulfonamides is 1. The number of hydrogen-bond donors (Lipinski definition) is 3. The summed E-state index contributed by atoms with van der Waals surface area (Å²) < 4.78 is 35.9. The molecule has 3 N–H and O–H groups in total. The molecule has 0 saturated carbocycles. The van der Waals surface area contributed by atoms with E-state index < -0.39 is 16.1 Å². The van der Waals surface area contributed by atoms with E-state index >= 15 is 0 Å². The van der Waals surface area contributed by atoms with E-state index in [4.69, 9.17) is 9.15 Å². The number of hydrogen-bond acceptors (Lipinski definition) is 6. The molecule has 1 aromatic heterocycles. The third-order valence-electron chi connectivity index (χ3n) is 2.32. The first-order valence-corrected chi connectivity index (χ1v) is 7.44. The number of nitrogens with one attached hydrogen (secondary N) is 2. The van der Waals surface area contributed by atoms with Crippen molar-refractivity contribution in [1.82, 2.24) is 10.0 Å². The van der Waals surface area contributed by atoms with Crippen molar-refractivity contribution in [3.8, 4) is 0 Å². The molecule has 1 heterocycles. The highest BCUT2D eigenvalue weighted by molar-refractivity contribution is 7.89. The topological polar surface area (TPSA) is 101 Å². The van der Waals surface area contributed by atoms with Gasteiger partial charge in [0.25, 0.3) is 10.0 Å². The highest BCUT2D eigenvalue weighted by Gasteiger charge is 2.19. The minimum atomic E-state index is -3.74. The molecule has 0 bridgehead atoms. The summed E-state index contributed by atoms with van der Waals surface area (Å²) in [6.45, 7) is 3.12. The predicted octanol–water partition coefficient (Wildman–Crippen LogP) is -0.325. The molecule has 1 aromatic rings. The van der Waals surface area contributed by atoms with Crippen molar-refractivity contribution in [3.63, 3.8) is 0 Å². The lowest BCUT2D eigenvalue weighted by molar-refractivity contribution is 0.0678. The van der Waals surface area contributed by atoms with Crippen LogP contribution in [0.5, 0.6) is 0 Å². The first-order chi connectivity index (χ1) is 8.99. The summed E-state index contributed by atoms with van der Waals surface area (Å²) in [6, 6.07) is 2.99. The summed E-state index contributed by atoms with van der Waals surface area (Å²) in [6.07, 6.45) is -0.893. The highest BCUT2D eigenvalue weighted by atomic mass is 32.2. The number of aliphatic hydroxyl groups is 1. The van der Waals surface area contributed by atoms with E-state index in [1.165, 1.54) is 13.2 Å². The summed E-state index contributed by atoms with van der Waals surface area (Å²) in [5.41, 5.74) is 0. The van der Waals surface area contributed by atoms with Crippen molar-refractivity contribution >= 4 is 10.0 Å². The van der Waals surface area contributed by atoms with Crippen molar-refractivity contribution in [2.45, 2.75) is 24.7 Å². The molecule has 1 unspecified atom stereocenters. The van der Waals surface area contributed by atoms with E-state index in [-0.39, 0.29) is 18.2 Å². The van der Waals surface area contributed by atoms with Crippen LogP contribution in [0.3, 0.4) is 0 Å². The van der Waals surface area contributed by atoms with E-state index in [2.05, 4.69) is 10.0 Å². The largest absolute Gasteiger partial charge is 0.447 e. The monoisotopic (exact) mass is 292 g/mol. The minimum absolute atomic E-state index is 0.0618. The maximum Gasteiger partial charge on any atom is 0.274 e. The molecular formula is C11H20N2O5S. The van der Waals surface area contributed by atoms with Crippen LogP contribution in [0, 0.1) is 0 Å². The number of aliphatic hydroxyl groups excluding tert-OH is 1. The summed E-state index contributed by atoms with van der Waals surface area (Å²) in [5.74, 6) is 0.541. The van der Waals surface area contributed by atoms with Crippen LogP contribution in [-0.2, 0) is 21.3 Å². The SMILES string of the molecule is CCNCc1ccc(S(=O)(=O)NCC(O)COC)o1. The molecule has 0 amide bonds. The van der Waals surface area contributed by atoms with Crippen LogP contribution in [0.2, 0.25) is 0 Å². The summed E-state index contributed by atoms with van der Waals surface area (Å²) >= 11 is 0. The molecule has 8 heteroatoms. The third-order valence-corrected chi connectivity index (χ3v) is 3.61. The van der Waals surface area contributed by atoms with Crippen LogP contribution in [-0.4, -0.2) is 46.4 Å². The van der Waals surface area contributed by atoms with Gasteiger partial charge in [-0.2, -0.15) is 0 Å². The van der Waals surface area contributed by atoms with Crippen molar-refractivity contribution in [2.75, 3.05) is 26.8 Å². The van der Waals surface area contributed by atoms with Crippen LogP contribution in [0.15, 0.2) is 21.6 Å². The van der Waals surface area contributed by atoms with Gasteiger partial charge in [-0.05, 0) is 18.7 Å². The summed E-state index contributed by atoms with van der Waals surface area (Å²) in [7, 11) is -2.31. The Balaban J connectivity index is 2.59. The Hall–Kier alpha value is -0.930. The molecule has 1 atom stereocenters. The van der Waals surface area contributed by atoms with E-state index in [0.717, 1.165) is 6.54 Å². The van der Waals surface area contributed by atoms with Gasteiger partial charge in [-0.15, -0.1) is 0 Å². The first-order valence-electron chi connectivity index (χ1n) is 5.95. The van der Waals surface area contributed by atoms with E-state index in [9.17, 15) is 13.5 Å². The zero-order valence-electron chi connectivity index (χ0n) is 11.0. The van der Waals surface area contributed by atoms with Crippen LogP contribution < -0.4 is 10.0 Å². The second kappa shape index (κ2) is 7.61. The Kier molecular flexibility index (Phi) is 6.46. The Labute approximate surface area is 113 Å². The second-order valence-electron chi connectivity index (χ2n) is 3.96. The Morgan fingerprint density at radius 2 is 2.21 bits per heavy atom. The third kappa shape index (κ3) is 5.29. The van der Waals surface area contributed by atoms with Gasteiger partial charge in [0.1, 0.15) is 5.76 Å². The Bertz CT molecular complexity index is 471. The molecule has 0 aliphatic rings. The Morgan fingerprint density at radius 1 is 1.47 bits per heavy atom. The molecule has 1 rings (SSSR count). The number of rotatable bonds is 9. The normalized spacial score (nSPS) is 13.6. The van der Waals surface area contributed by atoms with Crippen molar-refractivity contribution in [2.24, 2.45) is 0 Å². The zero-order valence-corrected chi connectivity index (χ0v) is 11.9. The lowest BCUT2D eigenvalue weighted by atomic mass is 10.4. The highest BCUT2D eigenvalue weighted by Crippen LogP contribution is 2.13. The van der Waals surface area contributed by atoms with Gasteiger partial charge in [0.15, 0.2) is 0 Å². The van der Waals surface area contributed by atoms with Gasteiger partial charge < -0.3 is 19.6 Å². The quantitative estimate of drug-likeness (QED) is 0.576. The van der Waals surface area contributed by atoms with Crippen molar-refractivity contribution in [3.05, 3.63) is 17.9 Å². The molecular weight excluding hydrogens is 272 g/mol. The molecule has 19 heavy (non-hydrogen) atoms. The smallest absolute Gasteiger partial charge is 0.274 e. The molecule has 0 aliphatic heterocycles. The molecule has 0 aromatic carbocycles. The molecule has 0 spiro atoms. The number of furan rings is 1. The molecule has 7 nitrogen and oxygen atoms in total. The van der Waals surface area contributed by atoms with Crippen LogP contribution in [0.25, 0.3) is 0 Å². The first kappa shape index (κ1) is 16.1. The van der Waals surface area contributed by atoms with E-state index in [0.29, 0.717) is 12.3 Å². The fourth-order valence-corrected chi connectivity index (χ4v) is 2.39. The lowest BCUT2D eigenvalue weighted by Crippen LogP contribution is -2.34. The van der Waals surface area contributed by atoms with Gasteiger partial charge in [-0.1, -0.05) is 6.92 Å². The van der Waals surface area contributed by atoms with Gasteiger partial charge in [-0.25, -0.2) is 13.1 Å². The zero-order chi connectivity index (χ0) is 14.3. The second-order valence-corrected chi connectivity index (χ2v) is 5.66. The predicted molar refractivity (Wildman–Crippen MR) is 69.2 cm³/mol. The van der Waals surface area contributed by atoms with Crippen LogP contribution in [0.1, 0.15) is 12.7 Å². The summed E-state index contributed by atoms with van der Waals surface area (Å²) in [4.78, 5) is 0. The fraction of sp³-hybridized carbons (Fsp3) is 0.636. The summed E-state index contributed by atoms with van der Waals surface area (Å²) in [5, 5.41) is 12.3. The van der Waals surface area contributed by atoms with Gasteiger partial charge >= 0.3 is 0 Å². The molecule has 0 saturated heterocycles. The van der Waals surface area contributed by atoms with Crippen molar-refractivity contribution in [1.29, 1.82) is 0 Å². The van der Waals surface area contributed by atoms with Gasteiger partial charge in [-0.3, -0.25) is 0 Å². The maximum atomic E-state index is 11.9. The molecule has 0 aliphatic carbocycles. The Morgan fingerprint density at radius 3 is 2.84 bits per heavy atom. The standard InChI is InChI=1S/C11H20N2O5S/c1-3-12-7-10-4-5-11(18-10)19(15,16)13-6-9(14)8-17-2/h4-5,9,12-14H,3,6-8H2,1-2H3. The van der Waals surface area contributed by atoms with Gasteiger partial charge in [0.05, 0.1) is 19.3 Å².